The Balaban J connectivity index is 2.68. The van der Waals surface area contributed by atoms with E-state index in [4.69, 9.17) is 0 Å². The molecule has 0 fully saturated rings. The molecule has 4 heteroatoms. The van der Waals surface area contributed by atoms with Crippen molar-refractivity contribution in [1.29, 1.82) is 0 Å². The Bertz CT molecular complexity index is 360. The number of halogens is 1. The highest BCUT2D eigenvalue weighted by Crippen LogP contribution is 2.25. The molecular formula is C13H24BrN3. The van der Waals surface area contributed by atoms with E-state index in [9.17, 15) is 0 Å². The standard InChI is InChI=1S/C13H24BrN3/c1-6-7-15-8-9(2)11(4)17-12(5)13(14)10(3)16-17/h9,11,15H,6-8H2,1-5H3. The fraction of sp³-hybridized carbons (Fsp3) is 0.769. The summed E-state index contributed by atoms with van der Waals surface area (Å²) < 4.78 is 3.27. The van der Waals surface area contributed by atoms with Gasteiger partial charge in [0, 0.05) is 0 Å². The third-order valence-corrected chi connectivity index (χ3v) is 4.49. The molecule has 0 amide bonds. The molecule has 1 rings (SSSR count). The van der Waals surface area contributed by atoms with Crippen LogP contribution in [0.2, 0.25) is 0 Å². The lowest BCUT2D eigenvalue weighted by Gasteiger charge is -2.22. The van der Waals surface area contributed by atoms with Crippen LogP contribution in [0.5, 0.6) is 0 Å². The van der Waals surface area contributed by atoms with Crippen LogP contribution in [-0.2, 0) is 0 Å². The minimum atomic E-state index is 0.421. The summed E-state index contributed by atoms with van der Waals surface area (Å²) in [6.07, 6.45) is 1.19. The van der Waals surface area contributed by atoms with Gasteiger partial charge in [0.15, 0.2) is 0 Å². The van der Waals surface area contributed by atoms with E-state index in [-0.39, 0.29) is 0 Å². The van der Waals surface area contributed by atoms with Crippen LogP contribution in [0.4, 0.5) is 0 Å². The molecule has 0 aliphatic carbocycles. The zero-order valence-corrected chi connectivity index (χ0v) is 13.1. The molecule has 0 saturated heterocycles. The van der Waals surface area contributed by atoms with Gasteiger partial charge in [0.1, 0.15) is 0 Å². The maximum atomic E-state index is 4.60. The molecule has 0 aromatic carbocycles. The molecular weight excluding hydrogens is 278 g/mol. The van der Waals surface area contributed by atoms with Gasteiger partial charge in [-0.3, -0.25) is 4.68 Å². The minimum Gasteiger partial charge on any atom is -0.316 e. The highest BCUT2D eigenvalue weighted by Gasteiger charge is 2.18. The molecule has 98 valence electrons. The quantitative estimate of drug-likeness (QED) is 0.816. The third kappa shape index (κ3) is 3.55. The van der Waals surface area contributed by atoms with Gasteiger partial charge in [-0.05, 0) is 62.1 Å². The molecule has 1 aromatic heterocycles. The summed E-state index contributed by atoms with van der Waals surface area (Å²) in [5.41, 5.74) is 2.29. The van der Waals surface area contributed by atoms with Crippen molar-refractivity contribution in [1.82, 2.24) is 15.1 Å². The number of hydrogen-bond acceptors (Lipinski definition) is 2. The topological polar surface area (TPSA) is 29.9 Å². The summed E-state index contributed by atoms with van der Waals surface area (Å²) in [4.78, 5) is 0. The fourth-order valence-electron chi connectivity index (χ4n) is 1.96. The Kier molecular flexibility index (Phi) is 5.67. The van der Waals surface area contributed by atoms with Gasteiger partial charge in [-0.1, -0.05) is 13.8 Å². The van der Waals surface area contributed by atoms with Crippen LogP contribution >= 0.6 is 15.9 Å². The molecule has 1 heterocycles. The predicted molar refractivity (Wildman–Crippen MR) is 76.4 cm³/mol. The first-order valence-corrected chi connectivity index (χ1v) is 7.20. The van der Waals surface area contributed by atoms with Crippen LogP contribution in [0.1, 0.15) is 44.6 Å². The zero-order valence-electron chi connectivity index (χ0n) is 11.5. The molecule has 3 nitrogen and oxygen atoms in total. The fourth-order valence-corrected chi connectivity index (χ4v) is 2.22. The molecule has 2 unspecified atom stereocenters. The van der Waals surface area contributed by atoms with Crippen molar-refractivity contribution >= 4 is 15.9 Å². The Morgan fingerprint density at radius 1 is 1.35 bits per heavy atom. The average molecular weight is 302 g/mol. The van der Waals surface area contributed by atoms with Gasteiger partial charge >= 0.3 is 0 Å². The molecule has 1 N–H and O–H groups in total. The van der Waals surface area contributed by atoms with Crippen molar-refractivity contribution in [3.63, 3.8) is 0 Å². The third-order valence-electron chi connectivity index (χ3n) is 3.34. The molecule has 0 aliphatic rings. The second-order valence-corrected chi connectivity index (χ2v) is 5.64. The van der Waals surface area contributed by atoms with Crippen LogP contribution in [-0.4, -0.2) is 22.9 Å². The lowest BCUT2D eigenvalue weighted by molar-refractivity contribution is 0.332. The highest BCUT2D eigenvalue weighted by atomic mass is 79.9. The van der Waals surface area contributed by atoms with Crippen molar-refractivity contribution < 1.29 is 0 Å². The molecule has 0 aliphatic heterocycles. The van der Waals surface area contributed by atoms with Crippen LogP contribution in [0.15, 0.2) is 4.47 Å². The van der Waals surface area contributed by atoms with E-state index in [1.807, 2.05) is 6.92 Å². The maximum Gasteiger partial charge on any atom is 0.0738 e. The van der Waals surface area contributed by atoms with Crippen molar-refractivity contribution in [2.75, 3.05) is 13.1 Å². The van der Waals surface area contributed by atoms with Gasteiger partial charge in [-0.15, -0.1) is 0 Å². The van der Waals surface area contributed by atoms with Crippen LogP contribution in [0.3, 0.4) is 0 Å². The second kappa shape index (κ2) is 6.55. The number of aromatic nitrogens is 2. The summed E-state index contributed by atoms with van der Waals surface area (Å²) in [6, 6.07) is 0.421. The van der Waals surface area contributed by atoms with E-state index in [0.29, 0.717) is 12.0 Å². The lowest BCUT2D eigenvalue weighted by atomic mass is 10.0. The Hall–Kier alpha value is -0.350. The van der Waals surface area contributed by atoms with Crippen LogP contribution in [0, 0.1) is 19.8 Å². The number of nitrogens with one attached hydrogen (secondary N) is 1. The minimum absolute atomic E-state index is 0.421. The maximum absolute atomic E-state index is 4.60. The Morgan fingerprint density at radius 2 is 2.00 bits per heavy atom. The zero-order chi connectivity index (χ0) is 13.0. The first-order chi connectivity index (χ1) is 7.99. The number of rotatable bonds is 6. The van der Waals surface area contributed by atoms with Crippen LogP contribution < -0.4 is 5.32 Å². The van der Waals surface area contributed by atoms with Gasteiger partial charge in [0.2, 0.25) is 0 Å². The predicted octanol–water partition coefficient (Wildman–Crippen LogP) is 3.46. The SMILES string of the molecule is CCCNCC(C)C(C)n1nc(C)c(Br)c1C. The normalized spacial score (nSPS) is 14.9. The van der Waals surface area contributed by atoms with E-state index < -0.39 is 0 Å². The second-order valence-electron chi connectivity index (χ2n) is 4.85. The van der Waals surface area contributed by atoms with E-state index in [2.05, 4.69) is 58.7 Å². The van der Waals surface area contributed by atoms with Gasteiger partial charge < -0.3 is 5.32 Å². The molecule has 0 radical (unpaired) electrons. The molecule has 1 aromatic rings. The Morgan fingerprint density at radius 3 is 2.47 bits per heavy atom. The summed E-state index contributed by atoms with van der Waals surface area (Å²) in [5.74, 6) is 0.575. The first kappa shape index (κ1) is 14.7. The number of aryl methyl sites for hydroxylation is 1. The van der Waals surface area contributed by atoms with Gasteiger partial charge in [-0.25, -0.2) is 0 Å². The van der Waals surface area contributed by atoms with Crippen molar-refractivity contribution in [3.8, 4) is 0 Å². The molecule has 0 saturated carbocycles. The Labute approximate surface area is 113 Å². The first-order valence-electron chi connectivity index (χ1n) is 6.40. The van der Waals surface area contributed by atoms with Gasteiger partial charge in [0.25, 0.3) is 0 Å². The monoisotopic (exact) mass is 301 g/mol. The van der Waals surface area contributed by atoms with Crippen molar-refractivity contribution in [2.45, 2.75) is 47.1 Å². The van der Waals surface area contributed by atoms with E-state index in [1.54, 1.807) is 0 Å². The molecule has 17 heavy (non-hydrogen) atoms. The number of nitrogens with zero attached hydrogens (tertiary/aromatic N) is 2. The van der Waals surface area contributed by atoms with E-state index in [0.717, 1.165) is 23.3 Å². The summed E-state index contributed by atoms with van der Waals surface area (Å²) >= 11 is 3.58. The van der Waals surface area contributed by atoms with Gasteiger partial charge in [0.05, 0.1) is 21.9 Å². The molecule has 2 atom stereocenters. The summed E-state index contributed by atoms with van der Waals surface area (Å²) in [5, 5.41) is 8.07. The summed E-state index contributed by atoms with van der Waals surface area (Å²) in [6.45, 7) is 13.0. The molecule has 0 bridgehead atoms. The van der Waals surface area contributed by atoms with Crippen LogP contribution in [0.25, 0.3) is 0 Å². The smallest absolute Gasteiger partial charge is 0.0738 e. The van der Waals surface area contributed by atoms with Crippen molar-refractivity contribution in [3.05, 3.63) is 15.9 Å². The van der Waals surface area contributed by atoms with Gasteiger partial charge in [-0.2, -0.15) is 5.10 Å². The van der Waals surface area contributed by atoms with E-state index in [1.165, 1.54) is 12.1 Å². The largest absolute Gasteiger partial charge is 0.316 e. The van der Waals surface area contributed by atoms with E-state index >= 15 is 0 Å². The van der Waals surface area contributed by atoms with Crippen molar-refractivity contribution in [2.24, 2.45) is 5.92 Å². The highest BCUT2D eigenvalue weighted by molar-refractivity contribution is 9.10. The lowest BCUT2D eigenvalue weighted by Crippen LogP contribution is -2.28. The number of hydrogen-bond donors (Lipinski definition) is 1. The molecule has 0 spiro atoms. The summed E-state index contributed by atoms with van der Waals surface area (Å²) in [7, 11) is 0. The average Bonchev–Trinajstić information content (AvgIpc) is 2.56.